The molecule has 0 aliphatic carbocycles. The third-order valence-electron chi connectivity index (χ3n) is 3.19. The normalized spacial score (nSPS) is 13.5. The minimum absolute atomic E-state index is 0.456. The first-order valence-corrected chi connectivity index (χ1v) is 6.86. The van der Waals surface area contributed by atoms with Crippen LogP contribution in [0.25, 0.3) is 0 Å². The summed E-state index contributed by atoms with van der Waals surface area (Å²) < 4.78 is 37.3. The lowest BCUT2D eigenvalue weighted by atomic mass is 10.0. The van der Waals surface area contributed by atoms with Gasteiger partial charge in [-0.05, 0) is 43.5 Å². The van der Waals surface area contributed by atoms with Crippen molar-refractivity contribution in [1.82, 2.24) is 5.32 Å². The minimum atomic E-state index is -4.24. The quantitative estimate of drug-likeness (QED) is 0.775. The molecule has 1 atom stereocenters. The lowest BCUT2D eigenvalue weighted by Gasteiger charge is -2.17. The molecule has 1 aromatic rings. The smallest absolute Gasteiger partial charge is 0.314 e. The first-order valence-electron chi connectivity index (χ1n) is 6.86. The molecule has 0 amide bonds. The van der Waals surface area contributed by atoms with Gasteiger partial charge in [-0.2, -0.15) is 13.2 Å². The highest BCUT2D eigenvalue weighted by Gasteiger charge is 2.29. The molecule has 0 spiro atoms. The summed E-state index contributed by atoms with van der Waals surface area (Å²) in [7, 11) is 0. The van der Waals surface area contributed by atoms with Crippen LogP contribution in [-0.4, -0.2) is 12.6 Å². The maximum absolute atomic E-state index is 12.4. The summed E-state index contributed by atoms with van der Waals surface area (Å²) in [4.78, 5) is 0. The van der Waals surface area contributed by atoms with E-state index in [0.717, 1.165) is 49.9 Å². The summed E-state index contributed by atoms with van der Waals surface area (Å²) in [5.41, 5.74) is 0.389. The van der Waals surface area contributed by atoms with Gasteiger partial charge in [0.25, 0.3) is 0 Å². The van der Waals surface area contributed by atoms with Crippen LogP contribution in [0.1, 0.15) is 44.2 Å². The summed E-state index contributed by atoms with van der Waals surface area (Å²) in [5.74, 6) is 0. The molecule has 0 aliphatic heterocycles. The van der Waals surface area contributed by atoms with E-state index < -0.39 is 11.7 Å². The molecule has 1 rings (SSSR count). The van der Waals surface area contributed by atoms with Gasteiger partial charge < -0.3 is 5.32 Å². The summed E-state index contributed by atoms with van der Waals surface area (Å²) in [6.45, 7) is 5.14. The predicted molar refractivity (Wildman–Crippen MR) is 72.1 cm³/mol. The van der Waals surface area contributed by atoms with Gasteiger partial charge in [0, 0.05) is 6.04 Å². The molecule has 0 aromatic heterocycles. The number of benzene rings is 1. The summed E-state index contributed by atoms with van der Waals surface area (Å²) in [5, 5.41) is 3.41. The van der Waals surface area contributed by atoms with Crippen LogP contribution in [0.4, 0.5) is 13.2 Å². The van der Waals surface area contributed by atoms with Gasteiger partial charge in [-0.3, -0.25) is 0 Å². The van der Waals surface area contributed by atoms with Crippen LogP contribution in [0, 0.1) is 0 Å². The molecule has 19 heavy (non-hydrogen) atoms. The SMILES string of the molecule is CCCC(CCc1ccc(C(F)(F)F)cc1)NCC. The van der Waals surface area contributed by atoms with Crippen molar-refractivity contribution in [3.63, 3.8) is 0 Å². The Labute approximate surface area is 113 Å². The van der Waals surface area contributed by atoms with E-state index in [1.165, 1.54) is 0 Å². The lowest BCUT2D eigenvalue weighted by Crippen LogP contribution is -2.29. The number of alkyl halides is 3. The fourth-order valence-electron chi connectivity index (χ4n) is 2.19. The maximum Gasteiger partial charge on any atom is 0.416 e. The molecular weight excluding hydrogens is 251 g/mol. The lowest BCUT2D eigenvalue weighted by molar-refractivity contribution is -0.137. The Balaban J connectivity index is 2.53. The van der Waals surface area contributed by atoms with Crippen LogP contribution >= 0.6 is 0 Å². The van der Waals surface area contributed by atoms with Crippen molar-refractivity contribution in [2.75, 3.05) is 6.54 Å². The predicted octanol–water partition coefficient (Wildman–Crippen LogP) is 4.42. The van der Waals surface area contributed by atoms with E-state index in [9.17, 15) is 13.2 Å². The fraction of sp³-hybridized carbons (Fsp3) is 0.600. The highest BCUT2D eigenvalue weighted by molar-refractivity contribution is 5.24. The largest absolute Gasteiger partial charge is 0.416 e. The average Bonchev–Trinajstić information content (AvgIpc) is 2.36. The molecule has 0 bridgehead atoms. The Morgan fingerprint density at radius 2 is 1.68 bits per heavy atom. The summed E-state index contributed by atoms with van der Waals surface area (Å²) in [6.07, 6.45) is -0.241. The van der Waals surface area contributed by atoms with Gasteiger partial charge in [0.1, 0.15) is 0 Å². The molecule has 1 nitrogen and oxygen atoms in total. The van der Waals surface area contributed by atoms with Crippen molar-refractivity contribution in [3.05, 3.63) is 35.4 Å². The standard InChI is InChI=1S/C15H22F3N/c1-3-5-14(19-4-2)11-8-12-6-9-13(10-7-12)15(16,17)18/h6-7,9-10,14,19H,3-5,8,11H2,1-2H3. The van der Waals surface area contributed by atoms with E-state index in [1.807, 2.05) is 0 Å². The molecular formula is C15H22F3N. The van der Waals surface area contributed by atoms with Crippen LogP contribution in [0.5, 0.6) is 0 Å². The van der Waals surface area contributed by atoms with Gasteiger partial charge >= 0.3 is 6.18 Å². The van der Waals surface area contributed by atoms with Crippen molar-refractivity contribution in [1.29, 1.82) is 0 Å². The first-order chi connectivity index (χ1) is 8.97. The summed E-state index contributed by atoms with van der Waals surface area (Å²) >= 11 is 0. The number of nitrogens with one attached hydrogen (secondary N) is 1. The maximum atomic E-state index is 12.4. The van der Waals surface area contributed by atoms with Gasteiger partial charge in [-0.25, -0.2) is 0 Å². The van der Waals surface area contributed by atoms with Crippen LogP contribution in [0.15, 0.2) is 24.3 Å². The Kier molecular flexibility index (Phi) is 6.35. The zero-order chi connectivity index (χ0) is 14.3. The van der Waals surface area contributed by atoms with E-state index in [0.29, 0.717) is 6.04 Å². The van der Waals surface area contributed by atoms with Crippen molar-refractivity contribution in [3.8, 4) is 0 Å². The molecule has 0 saturated carbocycles. The number of hydrogen-bond donors (Lipinski definition) is 1. The van der Waals surface area contributed by atoms with E-state index in [4.69, 9.17) is 0 Å². The molecule has 108 valence electrons. The zero-order valence-electron chi connectivity index (χ0n) is 11.6. The van der Waals surface area contributed by atoms with Crippen LogP contribution in [0.3, 0.4) is 0 Å². The molecule has 0 heterocycles. The van der Waals surface area contributed by atoms with E-state index in [2.05, 4.69) is 19.2 Å². The number of aryl methyl sites for hydroxylation is 1. The molecule has 1 aromatic carbocycles. The highest BCUT2D eigenvalue weighted by atomic mass is 19.4. The summed E-state index contributed by atoms with van der Waals surface area (Å²) in [6, 6.07) is 5.95. The molecule has 4 heteroatoms. The van der Waals surface area contributed by atoms with Crippen molar-refractivity contribution >= 4 is 0 Å². The topological polar surface area (TPSA) is 12.0 Å². The van der Waals surface area contributed by atoms with Gasteiger partial charge in [-0.15, -0.1) is 0 Å². The highest BCUT2D eigenvalue weighted by Crippen LogP contribution is 2.29. The van der Waals surface area contributed by atoms with Gasteiger partial charge in [0.2, 0.25) is 0 Å². The third kappa shape index (κ3) is 5.64. The zero-order valence-corrected chi connectivity index (χ0v) is 11.6. The van der Waals surface area contributed by atoms with Crippen molar-refractivity contribution < 1.29 is 13.2 Å². The Morgan fingerprint density at radius 3 is 2.16 bits per heavy atom. The monoisotopic (exact) mass is 273 g/mol. The molecule has 0 radical (unpaired) electrons. The number of halogens is 3. The van der Waals surface area contributed by atoms with Gasteiger partial charge in [0.05, 0.1) is 5.56 Å². The van der Waals surface area contributed by atoms with E-state index in [-0.39, 0.29) is 0 Å². The van der Waals surface area contributed by atoms with Crippen molar-refractivity contribution in [2.45, 2.75) is 51.7 Å². The fourth-order valence-corrected chi connectivity index (χ4v) is 2.19. The van der Waals surface area contributed by atoms with Gasteiger partial charge in [0.15, 0.2) is 0 Å². The van der Waals surface area contributed by atoms with E-state index >= 15 is 0 Å². The molecule has 0 fully saturated rings. The Bertz CT molecular complexity index is 351. The number of rotatable bonds is 7. The van der Waals surface area contributed by atoms with Crippen LogP contribution in [-0.2, 0) is 12.6 Å². The van der Waals surface area contributed by atoms with Gasteiger partial charge in [-0.1, -0.05) is 32.4 Å². The molecule has 0 aliphatic rings. The Morgan fingerprint density at radius 1 is 1.05 bits per heavy atom. The molecule has 1 N–H and O–H groups in total. The number of hydrogen-bond acceptors (Lipinski definition) is 1. The minimum Gasteiger partial charge on any atom is -0.314 e. The second kappa shape index (κ2) is 7.53. The van der Waals surface area contributed by atoms with E-state index in [1.54, 1.807) is 12.1 Å². The second-order valence-electron chi connectivity index (χ2n) is 4.78. The van der Waals surface area contributed by atoms with Crippen LogP contribution < -0.4 is 5.32 Å². The average molecular weight is 273 g/mol. The molecule has 0 saturated heterocycles. The van der Waals surface area contributed by atoms with Crippen LogP contribution in [0.2, 0.25) is 0 Å². The molecule has 1 unspecified atom stereocenters. The second-order valence-corrected chi connectivity index (χ2v) is 4.78. The van der Waals surface area contributed by atoms with Crippen molar-refractivity contribution in [2.24, 2.45) is 0 Å². The Hall–Kier alpha value is -1.03. The third-order valence-corrected chi connectivity index (χ3v) is 3.19. The first kappa shape index (κ1) is 16.0.